The van der Waals surface area contributed by atoms with Gasteiger partial charge in [-0.3, -0.25) is 4.79 Å². The van der Waals surface area contributed by atoms with E-state index in [9.17, 15) is 4.79 Å². The summed E-state index contributed by atoms with van der Waals surface area (Å²) in [4.78, 5) is 11.9. The van der Waals surface area contributed by atoms with Crippen molar-refractivity contribution in [2.24, 2.45) is 0 Å². The highest BCUT2D eigenvalue weighted by Crippen LogP contribution is 2.34. The van der Waals surface area contributed by atoms with Crippen molar-refractivity contribution in [1.29, 1.82) is 0 Å². The lowest BCUT2D eigenvalue weighted by molar-refractivity contribution is -0.124. The topological polar surface area (TPSA) is 59.6 Å². The van der Waals surface area contributed by atoms with Gasteiger partial charge in [0.25, 0.3) is 5.91 Å². The van der Waals surface area contributed by atoms with Gasteiger partial charge >= 0.3 is 0 Å². The van der Waals surface area contributed by atoms with Crippen molar-refractivity contribution in [1.82, 2.24) is 10.6 Å². The van der Waals surface area contributed by atoms with Crippen molar-refractivity contribution < 1.29 is 14.3 Å². The van der Waals surface area contributed by atoms with Gasteiger partial charge in [0.1, 0.15) is 0 Å². The summed E-state index contributed by atoms with van der Waals surface area (Å²) in [5.41, 5.74) is 0.817. The minimum atomic E-state index is -0.279. The first-order chi connectivity index (χ1) is 11.3. The van der Waals surface area contributed by atoms with Gasteiger partial charge in [-0.15, -0.1) is 0 Å². The van der Waals surface area contributed by atoms with Gasteiger partial charge < -0.3 is 20.1 Å². The summed E-state index contributed by atoms with van der Waals surface area (Å²) in [6.07, 6.45) is 1.08. The molecule has 0 saturated heterocycles. The zero-order chi connectivity index (χ0) is 18.2. The minimum Gasteiger partial charge on any atom is -0.490 e. The zero-order valence-corrected chi connectivity index (χ0v) is 16.9. The van der Waals surface area contributed by atoms with Crippen molar-refractivity contribution >= 4 is 21.8 Å². The minimum absolute atomic E-state index is 0.0444. The second-order valence-electron chi connectivity index (χ2n) is 6.59. The number of benzene rings is 1. The number of nitrogens with one attached hydrogen (secondary N) is 2. The van der Waals surface area contributed by atoms with Crippen molar-refractivity contribution in [3.05, 3.63) is 22.2 Å². The Balaban J connectivity index is 2.81. The van der Waals surface area contributed by atoms with E-state index >= 15 is 0 Å². The van der Waals surface area contributed by atoms with Crippen LogP contribution in [0.2, 0.25) is 0 Å². The van der Waals surface area contributed by atoms with E-state index in [0.29, 0.717) is 18.1 Å². The number of carbonyl (C=O) groups is 1. The summed E-state index contributed by atoms with van der Waals surface area (Å²) in [7, 11) is 0. The number of amides is 1. The largest absolute Gasteiger partial charge is 0.490 e. The van der Waals surface area contributed by atoms with Crippen LogP contribution in [-0.2, 0) is 11.3 Å². The van der Waals surface area contributed by atoms with E-state index in [-0.39, 0.29) is 18.1 Å². The van der Waals surface area contributed by atoms with Gasteiger partial charge in [-0.1, -0.05) is 22.9 Å². The van der Waals surface area contributed by atoms with E-state index in [4.69, 9.17) is 9.47 Å². The average molecular weight is 401 g/mol. The molecule has 0 saturated carbocycles. The molecule has 6 heteroatoms. The summed E-state index contributed by atoms with van der Waals surface area (Å²) in [6.45, 7) is 12.1. The molecule has 0 atom stereocenters. The lowest BCUT2D eigenvalue weighted by Crippen LogP contribution is -2.43. The third-order valence-corrected chi connectivity index (χ3v) is 3.77. The number of hydrogen-bond donors (Lipinski definition) is 2. The molecule has 1 aromatic rings. The van der Waals surface area contributed by atoms with Crippen LogP contribution < -0.4 is 20.1 Å². The third-order valence-electron chi connectivity index (χ3n) is 3.03. The lowest BCUT2D eigenvalue weighted by atomic mass is 10.1. The molecule has 0 aliphatic carbocycles. The first-order valence-corrected chi connectivity index (χ1v) is 9.15. The Morgan fingerprint density at radius 2 is 1.83 bits per heavy atom. The summed E-state index contributed by atoms with van der Waals surface area (Å²) in [6, 6.07) is 3.81. The van der Waals surface area contributed by atoms with Crippen LogP contribution in [0.25, 0.3) is 0 Å². The van der Waals surface area contributed by atoms with Crippen LogP contribution in [0, 0.1) is 0 Å². The molecule has 136 valence electrons. The first-order valence-electron chi connectivity index (χ1n) is 8.36. The predicted octanol–water partition coefficient (Wildman–Crippen LogP) is 3.64. The Labute approximate surface area is 153 Å². The molecule has 0 bridgehead atoms. The van der Waals surface area contributed by atoms with Crippen LogP contribution >= 0.6 is 15.9 Å². The molecule has 0 unspecified atom stereocenters. The van der Waals surface area contributed by atoms with E-state index < -0.39 is 0 Å². The summed E-state index contributed by atoms with van der Waals surface area (Å²) >= 11 is 3.56. The number of hydrogen-bond acceptors (Lipinski definition) is 4. The molecule has 0 aliphatic heterocycles. The van der Waals surface area contributed by atoms with Gasteiger partial charge in [-0.2, -0.15) is 0 Å². The van der Waals surface area contributed by atoms with Gasteiger partial charge in [-0.05, 0) is 58.4 Å². The number of rotatable bonds is 9. The van der Waals surface area contributed by atoms with Crippen molar-refractivity contribution in [3.8, 4) is 11.5 Å². The Hall–Kier alpha value is -1.27. The van der Waals surface area contributed by atoms with E-state index in [1.54, 1.807) is 0 Å². The average Bonchev–Trinajstić information content (AvgIpc) is 2.47. The molecule has 24 heavy (non-hydrogen) atoms. The quantitative estimate of drug-likeness (QED) is 0.621. The summed E-state index contributed by atoms with van der Waals surface area (Å²) in [5, 5.41) is 6.24. The van der Waals surface area contributed by atoms with Gasteiger partial charge in [0, 0.05) is 16.6 Å². The molecule has 0 spiro atoms. The smallest absolute Gasteiger partial charge is 0.258 e. The summed E-state index contributed by atoms with van der Waals surface area (Å²) in [5.74, 6) is 1.05. The molecule has 1 rings (SSSR count). The maximum absolute atomic E-state index is 11.9. The Morgan fingerprint density at radius 3 is 2.42 bits per heavy atom. The zero-order valence-electron chi connectivity index (χ0n) is 15.3. The van der Waals surface area contributed by atoms with E-state index in [1.807, 2.05) is 39.8 Å². The van der Waals surface area contributed by atoms with Gasteiger partial charge in [0.15, 0.2) is 18.1 Å². The first kappa shape index (κ1) is 20.8. The highest BCUT2D eigenvalue weighted by Gasteiger charge is 2.16. The van der Waals surface area contributed by atoms with Gasteiger partial charge in [-0.25, -0.2) is 0 Å². The molecule has 1 aromatic carbocycles. The SMILES string of the molecule is CCCNCc1cc(OCC)c(OCC(=O)NC(C)(C)C)cc1Br. The Kier molecular flexibility index (Phi) is 8.56. The van der Waals surface area contributed by atoms with Crippen LogP contribution in [0.4, 0.5) is 0 Å². The normalized spacial score (nSPS) is 11.2. The van der Waals surface area contributed by atoms with Gasteiger partial charge in [0.2, 0.25) is 0 Å². The Morgan fingerprint density at radius 1 is 1.17 bits per heavy atom. The number of carbonyl (C=O) groups excluding carboxylic acids is 1. The monoisotopic (exact) mass is 400 g/mol. The van der Waals surface area contributed by atoms with Crippen molar-refractivity contribution in [3.63, 3.8) is 0 Å². The number of halogens is 1. The number of ether oxygens (including phenoxy) is 2. The highest BCUT2D eigenvalue weighted by atomic mass is 79.9. The van der Waals surface area contributed by atoms with E-state index in [2.05, 4.69) is 33.5 Å². The summed E-state index contributed by atoms with van der Waals surface area (Å²) < 4.78 is 12.3. The Bertz CT molecular complexity index is 542. The second kappa shape index (κ2) is 9.89. The molecule has 0 aliphatic rings. The van der Waals surface area contributed by atoms with Crippen molar-refractivity contribution in [2.75, 3.05) is 19.8 Å². The van der Waals surface area contributed by atoms with E-state index in [1.165, 1.54) is 0 Å². The molecule has 0 aromatic heterocycles. The second-order valence-corrected chi connectivity index (χ2v) is 7.44. The molecule has 5 nitrogen and oxygen atoms in total. The molecule has 0 fully saturated rings. The van der Waals surface area contributed by atoms with Crippen molar-refractivity contribution in [2.45, 2.75) is 53.1 Å². The van der Waals surface area contributed by atoms with Gasteiger partial charge in [0.05, 0.1) is 6.61 Å². The molecular formula is C18H29BrN2O3. The molecule has 1 amide bonds. The fourth-order valence-corrected chi connectivity index (χ4v) is 2.55. The van der Waals surface area contributed by atoms with Crippen LogP contribution in [-0.4, -0.2) is 31.2 Å². The van der Waals surface area contributed by atoms with Crippen LogP contribution in [0.3, 0.4) is 0 Å². The van der Waals surface area contributed by atoms with Crippen LogP contribution in [0.5, 0.6) is 11.5 Å². The maximum atomic E-state index is 11.9. The van der Waals surface area contributed by atoms with E-state index in [0.717, 1.165) is 29.5 Å². The molecular weight excluding hydrogens is 372 g/mol. The fourth-order valence-electron chi connectivity index (χ4n) is 2.09. The predicted molar refractivity (Wildman–Crippen MR) is 101 cm³/mol. The molecule has 0 radical (unpaired) electrons. The fraction of sp³-hybridized carbons (Fsp3) is 0.611. The standard InChI is InChI=1S/C18H29BrN2O3/c1-6-8-20-11-13-9-15(23-7-2)16(10-14(13)19)24-12-17(22)21-18(3,4)5/h9-10,20H,6-8,11-12H2,1-5H3,(H,21,22). The maximum Gasteiger partial charge on any atom is 0.258 e. The molecule has 2 N–H and O–H groups in total. The highest BCUT2D eigenvalue weighted by molar-refractivity contribution is 9.10. The van der Waals surface area contributed by atoms with Crippen LogP contribution in [0.15, 0.2) is 16.6 Å². The third kappa shape index (κ3) is 7.53. The van der Waals surface area contributed by atoms with Crippen LogP contribution in [0.1, 0.15) is 46.6 Å². The lowest BCUT2D eigenvalue weighted by Gasteiger charge is -2.21. The molecule has 0 heterocycles.